The summed E-state index contributed by atoms with van der Waals surface area (Å²) < 4.78 is 5.60. The molecule has 102 valence electrons. The molecule has 1 heterocycles. The van der Waals surface area contributed by atoms with Gasteiger partial charge in [0.1, 0.15) is 0 Å². The molecular formula is C12H20ClN3O2. The zero-order chi connectivity index (χ0) is 12.8. The lowest BCUT2D eigenvalue weighted by atomic mass is 9.94. The number of alkyl halides is 1. The molecule has 0 saturated heterocycles. The zero-order valence-electron chi connectivity index (χ0n) is 10.5. The molecule has 0 aromatic carbocycles. The highest BCUT2D eigenvalue weighted by molar-refractivity contribution is 6.17. The van der Waals surface area contributed by atoms with Gasteiger partial charge in [-0.05, 0) is 12.8 Å². The van der Waals surface area contributed by atoms with E-state index in [1.165, 1.54) is 19.3 Å². The largest absolute Gasteiger partial charge is 0.408 e. The highest BCUT2D eigenvalue weighted by atomic mass is 35.5. The Morgan fingerprint density at radius 2 is 2.06 bits per heavy atom. The molecule has 1 N–H and O–H groups in total. The van der Waals surface area contributed by atoms with Gasteiger partial charge in [0.15, 0.2) is 0 Å². The number of halogens is 1. The van der Waals surface area contributed by atoms with Crippen LogP contribution in [-0.4, -0.2) is 40.4 Å². The van der Waals surface area contributed by atoms with E-state index in [1.807, 2.05) is 4.90 Å². The fourth-order valence-electron chi connectivity index (χ4n) is 2.48. The summed E-state index contributed by atoms with van der Waals surface area (Å²) in [5, 5.41) is 17.2. The second kappa shape index (κ2) is 6.95. The maximum Gasteiger partial charge on any atom is 0.318 e. The van der Waals surface area contributed by atoms with Crippen LogP contribution in [0.1, 0.15) is 38.0 Å². The molecule has 18 heavy (non-hydrogen) atoms. The first-order chi connectivity index (χ1) is 8.85. The summed E-state index contributed by atoms with van der Waals surface area (Å²) in [4.78, 5) is 2.05. The number of hydrogen-bond donors (Lipinski definition) is 1. The molecular weight excluding hydrogens is 254 g/mol. The molecule has 1 aromatic heterocycles. The van der Waals surface area contributed by atoms with Gasteiger partial charge in [0.2, 0.25) is 5.89 Å². The highest BCUT2D eigenvalue weighted by Crippen LogP contribution is 2.26. The Morgan fingerprint density at radius 1 is 1.28 bits per heavy atom. The lowest BCUT2D eigenvalue weighted by molar-refractivity contribution is 0.283. The van der Waals surface area contributed by atoms with Gasteiger partial charge in [-0.25, -0.2) is 0 Å². The second-order valence-corrected chi connectivity index (χ2v) is 5.00. The van der Waals surface area contributed by atoms with E-state index in [-0.39, 0.29) is 6.61 Å². The number of aliphatic hydroxyl groups excluding tert-OH is 1. The van der Waals surface area contributed by atoms with Crippen LogP contribution in [0.2, 0.25) is 0 Å². The van der Waals surface area contributed by atoms with E-state index in [1.54, 1.807) is 0 Å². The predicted molar refractivity (Wildman–Crippen MR) is 70.0 cm³/mol. The van der Waals surface area contributed by atoms with E-state index in [0.29, 0.717) is 36.8 Å². The van der Waals surface area contributed by atoms with Crippen molar-refractivity contribution < 1.29 is 9.52 Å². The van der Waals surface area contributed by atoms with E-state index in [0.717, 1.165) is 12.8 Å². The zero-order valence-corrected chi connectivity index (χ0v) is 11.3. The van der Waals surface area contributed by atoms with Gasteiger partial charge in [0.05, 0.1) is 6.61 Å². The van der Waals surface area contributed by atoms with E-state index in [4.69, 9.17) is 16.0 Å². The Morgan fingerprint density at radius 3 is 2.72 bits per heavy atom. The topological polar surface area (TPSA) is 62.4 Å². The summed E-state index contributed by atoms with van der Waals surface area (Å²) in [5.74, 6) is 1.05. The maximum absolute atomic E-state index is 9.19. The molecule has 1 aliphatic carbocycles. The van der Waals surface area contributed by atoms with Gasteiger partial charge < -0.3 is 14.4 Å². The highest BCUT2D eigenvalue weighted by Gasteiger charge is 2.24. The number of anilines is 1. The fraction of sp³-hybridized carbons (Fsp3) is 0.833. The third-order valence-electron chi connectivity index (χ3n) is 3.37. The van der Waals surface area contributed by atoms with Crippen molar-refractivity contribution in [3.05, 3.63) is 5.89 Å². The van der Waals surface area contributed by atoms with Crippen LogP contribution in [0.3, 0.4) is 0 Å². The average molecular weight is 274 g/mol. The molecule has 2 rings (SSSR count). The van der Waals surface area contributed by atoms with Gasteiger partial charge >= 0.3 is 6.01 Å². The fourth-order valence-corrected chi connectivity index (χ4v) is 2.64. The third kappa shape index (κ3) is 3.36. The van der Waals surface area contributed by atoms with Crippen molar-refractivity contribution in [2.45, 2.75) is 44.6 Å². The first kappa shape index (κ1) is 13.6. The van der Waals surface area contributed by atoms with E-state index < -0.39 is 0 Å². The van der Waals surface area contributed by atoms with Crippen molar-refractivity contribution in [2.75, 3.05) is 23.9 Å². The van der Waals surface area contributed by atoms with Gasteiger partial charge in [-0.3, -0.25) is 0 Å². The van der Waals surface area contributed by atoms with Crippen LogP contribution in [0, 0.1) is 0 Å². The number of nitrogens with zero attached hydrogens (tertiary/aromatic N) is 3. The van der Waals surface area contributed by atoms with Crippen molar-refractivity contribution in [2.24, 2.45) is 0 Å². The SMILES string of the molecule is OCCN(c1nnc(CCCl)o1)C1CCCCC1. The first-order valence-corrected chi connectivity index (χ1v) is 7.14. The van der Waals surface area contributed by atoms with Crippen molar-refractivity contribution in [3.8, 4) is 0 Å². The van der Waals surface area contributed by atoms with Gasteiger partial charge in [0, 0.05) is 24.9 Å². The van der Waals surface area contributed by atoms with Crippen LogP contribution in [-0.2, 0) is 6.42 Å². The van der Waals surface area contributed by atoms with Crippen LogP contribution in [0.4, 0.5) is 6.01 Å². The smallest absolute Gasteiger partial charge is 0.318 e. The monoisotopic (exact) mass is 273 g/mol. The van der Waals surface area contributed by atoms with Crippen LogP contribution < -0.4 is 4.90 Å². The molecule has 0 spiro atoms. The van der Waals surface area contributed by atoms with E-state index >= 15 is 0 Å². The minimum absolute atomic E-state index is 0.101. The lowest BCUT2D eigenvalue weighted by Gasteiger charge is -2.32. The van der Waals surface area contributed by atoms with Crippen molar-refractivity contribution in [1.82, 2.24) is 10.2 Å². The molecule has 1 saturated carbocycles. The van der Waals surface area contributed by atoms with Crippen molar-refractivity contribution in [1.29, 1.82) is 0 Å². The molecule has 0 amide bonds. The number of rotatable bonds is 6. The van der Waals surface area contributed by atoms with Crippen LogP contribution in [0.25, 0.3) is 0 Å². The minimum Gasteiger partial charge on any atom is -0.408 e. The first-order valence-electron chi connectivity index (χ1n) is 6.61. The average Bonchev–Trinajstić information content (AvgIpc) is 2.86. The Kier molecular flexibility index (Phi) is 5.26. The molecule has 1 aliphatic rings. The van der Waals surface area contributed by atoms with Crippen LogP contribution in [0.15, 0.2) is 4.42 Å². The lowest BCUT2D eigenvalue weighted by Crippen LogP contribution is -2.39. The maximum atomic E-state index is 9.19. The second-order valence-electron chi connectivity index (χ2n) is 4.63. The standard InChI is InChI=1S/C12H20ClN3O2/c13-7-6-11-14-15-12(18-11)16(8-9-17)10-4-2-1-3-5-10/h10,17H,1-9H2. The van der Waals surface area contributed by atoms with Crippen molar-refractivity contribution >= 4 is 17.6 Å². The number of aromatic nitrogens is 2. The van der Waals surface area contributed by atoms with Gasteiger partial charge in [-0.2, -0.15) is 0 Å². The Labute approximate surface area is 112 Å². The van der Waals surface area contributed by atoms with Gasteiger partial charge in [0.25, 0.3) is 0 Å². The predicted octanol–water partition coefficient (Wildman–Crippen LogP) is 1.98. The van der Waals surface area contributed by atoms with Gasteiger partial charge in [-0.1, -0.05) is 24.4 Å². The minimum atomic E-state index is 0.101. The Balaban J connectivity index is 2.06. The number of aryl methyl sites for hydroxylation is 1. The van der Waals surface area contributed by atoms with E-state index in [9.17, 15) is 5.11 Å². The normalized spacial score (nSPS) is 17.0. The summed E-state index contributed by atoms with van der Waals surface area (Å²) in [6.45, 7) is 0.650. The molecule has 0 radical (unpaired) electrons. The summed E-state index contributed by atoms with van der Waals surface area (Å²) >= 11 is 5.65. The summed E-state index contributed by atoms with van der Waals surface area (Å²) in [7, 11) is 0. The number of hydrogen-bond acceptors (Lipinski definition) is 5. The number of aliphatic hydroxyl groups is 1. The van der Waals surface area contributed by atoms with Crippen LogP contribution >= 0.6 is 11.6 Å². The molecule has 1 fully saturated rings. The molecule has 0 atom stereocenters. The summed E-state index contributed by atoms with van der Waals surface area (Å²) in [5.41, 5.74) is 0. The molecule has 0 aliphatic heterocycles. The molecule has 5 nitrogen and oxygen atoms in total. The third-order valence-corrected chi connectivity index (χ3v) is 3.56. The van der Waals surface area contributed by atoms with Crippen molar-refractivity contribution in [3.63, 3.8) is 0 Å². The summed E-state index contributed by atoms with van der Waals surface area (Å²) in [6, 6.07) is 0.936. The quantitative estimate of drug-likeness (QED) is 0.803. The molecule has 0 bridgehead atoms. The molecule has 6 heteroatoms. The Bertz CT molecular complexity index is 353. The van der Waals surface area contributed by atoms with E-state index in [2.05, 4.69) is 10.2 Å². The van der Waals surface area contributed by atoms with Crippen LogP contribution in [0.5, 0.6) is 0 Å². The summed E-state index contributed by atoms with van der Waals surface area (Å²) in [6.07, 6.45) is 6.61. The molecule has 0 unspecified atom stereocenters. The Hall–Kier alpha value is -0.810. The molecule has 1 aromatic rings. The van der Waals surface area contributed by atoms with Gasteiger partial charge in [-0.15, -0.1) is 16.7 Å².